The van der Waals surface area contributed by atoms with Gasteiger partial charge in [0.25, 0.3) is 5.91 Å². The van der Waals surface area contributed by atoms with Crippen LogP contribution in [0.15, 0.2) is 0 Å². The first-order chi connectivity index (χ1) is 11.0. The van der Waals surface area contributed by atoms with Gasteiger partial charge in [-0.1, -0.05) is 19.8 Å². The molecule has 0 aromatic carbocycles. The highest BCUT2D eigenvalue weighted by Crippen LogP contribution is 2.38. The van der Waals surface area contributed by atoms with Gasteiger partial charge in [0, 0.05) is 13.1 Å². The van der Waals surface area contributed by atoms with Crippen LogP contribution in [-0.2, 0) is 9.59 Å². The van der Waals surface area contributed by atoms with Crippen molar-refractivity contribution in [1.82, 2.24) is 15.1 Å². The van der Waals surface area contributed by atoms with Gasteiger partial charge in [-0.3, -0.25) is 9.59 Å². The fourth-order valence-electron chi connectivity index (χ4n) is 4.30. The average Bonchev–Trinajstić information content (AvgIpc) is 2.81. The third kappa shape index (κ3) is 2.62. The van der Waals surface area contributed by atoms with E-state index in [0.717, 1.165) is 51.6 Å². The molecule has 6 heteroatoms. The molecular weight excluding hydrogens is 294 g/mol. The van der Waals surface area contributed by atoms with Gasteiger partial charge in [0.15, 0.2) is 0 Å². The third-order valence-corrected chi connectivity index (χ3v) is 5.86. The van der Waals surface area contributed by atoms with Crippen LogP contribution in [0.3, 0.4) is 0 Å². The maximum atomic E-state index is 13.0. The molecule has 2 heterocycles. The average molecular weight is 321 g/mol. The molecule has 0 bridgehead atoms. The van der Waals surface area contributed by atoms with E-state index < -0.39 is 17.6 Å². The van der Waals surface area contributed by atoms with Crippen molar-refractivity contribution in [3.63, 3.8) is 0 Å². The largest absolute Gasteiger partial charge is 0.341 e. The summed E-state index contributed by atoms with van der Waals surface area (Å²) in [6, 6.07) is -1.12. The van der Waals surface area contributed by atoms with Gasteiger partial charge in [-0.2, -0.15) is 0 Å². The molecule has 3 aliphatic rings. The Morgan fingerprint density at radius 2 is 1.87 bits per heavy atom. The first-order valence-electron chi connectivity index (χ1n) is 8.92. The second-order valence-electron chi connectivity index (χ2n) is 7.29. The summed E-state index contributed by atoms with van der Waals surface area (Å²) in [5, 5.41) is 2.92. The van der Waals surface area contributed by atoms with E-state index in [1.165, 1.54) is 4.90 Å². The summed E-state index contributed by atoms with van der Waals surface area (Å²) < 4.78 is 0. The zero-order valence-electron chi connectivity index (χ0n) is 14.1. The fraction of sp³-hybridized carbons (Fsp3) is 0.824. The number of likely N-dealkylation sites (tertiary alicyclic amines) is 1. The van der Waals surface area contributed by atoms with Crippen molar-refractivity contribution < 1.29 is 14.4 Å². The quantitative estimate of drug-likeness (QED) is 0.790. The van der Waals surface area contributed by atoms with Crippen molar-refractivity contribution in [3.05, 3.63) is 0 Å². The molecule has 23 heavy (non-hydrogen) atoms. The topological polar surface area (TPSA) is 69.7 Å². The smallest absolute Gasteiger partial charge is 0.325 e. The van der Waals surface area contributed by atoms with Gasteiger partial charge < -0.3 is 10.2 Å². The molecule has 3 rings (SSSR count). The number of imide groups is 1. The van der Waals surface area contributed by atoms with Gasteiger partial charge in [-0.05, 0) is 44.9 Å². The van der Waals surface area contributed by atoms with Crippen LogP contribution in [0, 0.1) is 5.92 Å². The number of carbonyl (C=O) groups excluding carboxylic acids is 3. The van der Waals surface area contributed by atoms with E-state index in [9.17, 15) is 14.4 Å². The number of urea groups is 1. The zero-order chi connectivity index (χ0) is 16.6. The molecule has 4 amide bonds. The fourth-order valence-corrected chi connectivity index (χ4v) is 4.30. The first kappa shape index (κ1) is 16.3. The number of rotatable bonds is 2. The molecule has 0 aromatic heterocycles. The van der Waals surface area contributed by atoms with Gasteiger partial charge in [0.05, 0.1) is 0 Å². The Morgan fingerprint density at radius 1 is 1.17 bits per heavy atom. The predicted octanol–water partition coefficient (Wildman–Crippen LogP) is 1.89. The maximum Gasteiger partial charge on any atom is 0.325 e. The molecule has 1 N–H and O–H groups in total. The maximum absolute atomic E-state index is 13.0. The van der Waals surface area contributed by atoms with E-state index in [1.807, 2.05) is 6.92 Å². The summed E-state index contributed by atoms with van der Waals surface area (Å²) in [6.07, 6.45) is 6.79. The number of nitrogens with one attached hydrogen (secondary N) is 1. The van der Waals surface area contributed by atoms with Crippen LogP contribution in [0.4, 0.5) is 4.79 Å². The van der Waals surface area contributed by atoms with Crippen molar-refractivity contribution in [3.8, 4) is 0 Å². The molecular formula is C17H27N3O3. The summed E-state index contributed by atoms with van der Waals surface area (Å²) in [5.74, 6) is -0.184. The molecule has 2 aliphatic heterocycles. The van der Waals surface area contributed by atoms with E-state index in [0.29, 0.717) is 6.42 Å². The Hall–Kier alpha value is -1.59. The van der Waals surface area contributed by atoms with Crippen molar-refractivity contribution in [2.24, 2.45) is 5.92 Å². The third-order valence-electron chi connectivity index (χ3n) is 5.86. The van der Waals surface area contributed by atoms with Gasteiger partial charge in [-0.25, -0.2) is 9.69 Å². The first-order valence-corrected chi connectivity index (χ1v) is 8.92. The standard InChI is InChI=1S/C17H27N3O3/c1-12-8-4-5-9-17(12)15(22)20(16(23)18-17)13(2)14(21)19-10-6-3-7-11-19/h12-13H,3-11H2,1-2H3,(H,18,23)/t12-,13-,17-/m0/s1. The molecule has 0 radical (unpaired) electrons. The lowest BCUT2D eigenvalue weighted by atomic mass is 9.73. The van der Waals surface area contributed by atoms with Crippen LogP contribution in [-0.4, -0.2) is 52.3 Å². The van der Waals surface area contributed by atoms with E-state index in [2.05, 4.69) is 5.32 Å². The van der Waals surface area contributed by atoms with Crippen molar-refractivity contribution in [2.75, 3.05) is 13.1 Å². The second-order valence-corrected chi connectivity index (χ2v) is 7.29. The van der Waals surface area contributed by atoms with E-state index in [4.69, 9.17) is 0 Å². The van der Waals surface area contributed by atoms with Crippen molar-refractivity contribution >= 4 is 17.8 Å². The number of hydrogen-bond donors (Lipinski definition) is 1. The van der Waals surface area contributed by atoms with Crippen LogP contribution in [0.25, 0.3) is 0 Å². The number of nitrogens with zero attached hydrogens (tertiary/aromatic N) is 2. The number of hydrogen-bond acceptors (Lipinski definition) is 3. The van der Waals surface area contributed by atoms with Crippen LogP contribution >= 0.6 is 0 Å². The normalized spacial score (nSPS) is 33.0. The van der Waals surface area contributed by atoms with Crippen molar-refractivity contribution in [2.45, 2.75) is 70.4 Å². The Kier molecular flexibility index (Phi) is 4.34. The van der Waals surface area contributed by atoms with Gasteiger partial charge in [0.2, 0.25) is 5.91 Å². The molecule has 0 unspecified atom stereocenters. The lowest BCUT2D eigenvalue weighted by Gasteiger charge is -2.37. The molecule has 1 aliphatic carbocycles. The highest BCUT2D eigenvalue weighted by Gasteiger charge is 2.56. The summed E-state index contributed by atoms with van der Waals surface area (Å²) in [4.78, 5) is 41.1. The molecule has 6 nitrogen and oxygen atoms in total. The van der Waals surface area contributed by atoms with Crippen molar-refractivity contribution in [1.29, 1.82) is 0 Å². The molecule has 2 saturated heterocycles. The highest BCUT2D eigenvalue weighted by atomic mass is 16.2. The number of piperidine rings is 1. The van der Waals surface area contributed by atoms with Crippen LogP contribution < -0.4 is 5.32 Å². The SMILES string of the molecule is C[C@@H](C(=O)N1CCCCC1)N1C(=O)N[C@]2(CCCC[C@@H]2C)C1=O. The predicted molar refractivity (Wildman–Crippen MR) is 85.6 cm³/mol. The Balaban J connectivity index is 1.78. The number of carbonyl (C=O) groups is 3. The molecule has 0 aromatic rings. The lowest BCUT2D eigenvalue weighted by Crippen LogP contribution is -2.55. The minimum atomic E-state index is -0.786. The molecule has 3 atom stereocenters. The lowest BCUT2D eigenvalue weighted by molar-refractivity contribution is -0.144. The van der Waals surface area contributed by atoms with Gasteiger partial charge in [0.1, 0.15) is 11.6 Å². The van der Waals surface area contributed by atoms with Crippen LogP contribution in [0.2, 0.25) is 0 Å². The summed E-state index contributed by atoms with van der Waals surface area (Å²) in [7, 11) is 0. The minimum absolute atomic E-state index is 0.103. The summed E-state index contributed by atoms with van der Waals surface area (Å²) in [5.41, 5.74) is -0.786. The summed E-state index contributed by atoms with van der Waals surface area (Å²) >= 11 is 0. The van der Waals surface area contributed by atoms with Crippen LogP contribution in [0.1, 0.15) is 58.8 Å². The van der Waals surface area contributed by atoms with E-state index in [1.54, 1.807) is 11.8 Å². The Bertz CT molecular complexity index is 515. The second kappa shape index (κ2) is 6.13. The highest BCUT2D eigenvalue weighted by molar-refractivity contribution is 6.10. The molecule has 1 spiro atoms. The number of amides is 4. The Morgan fingerprint density at radius 3 is 2.52 bits per heavy atom. The molecule has 3 fully saturated rings. The van der Waals surface area contributed by atoms with Gasteiger partial charge >= 0.3 is 6.03 Å². The minimum Gasteiger partial charge on any atom is -0.341 e. The van der Waals surface area contributed by atoms with E-state index in [-0.39, 0.29) is 17.7 Å². The summed E-state index contributed by atoms with van der Waals surface area (Å²) in [6.45, 7) is 5.17. The van der Waals surface area contributed by atoms with Crippen LogP contribution in [0.5, 0.6) is 0 Å². The zero-order valence-corrected chi connectivity index (χ0v) is 14.1. The van der Waals surface area contributed by atoms with Gasteiger partial charge in [-0.15, -0.1) is 0 Å². The monoisotopic (exact) mass is 321 g/mol. The molecule has 128 valence electrons. The van der Waals surface area contributed by atoms with E-state index >= 15 is 0 Å². The molecule has 1 saturated carbocycles. The Labute approximate surface area is 137 Å².